The van der Waals surface area contributed by atoms with Crippen LogP contribution in [0.15, 0.2) is 54.6 Å². The molecule has 0 unspecified atom stereocenters. The van der Waals surface area contributed by atoms with Crippen molar-refractivity contribution >= 4 is 11.8 Å². The fourth-order valence-corrected chi connectivity index (χ4v) is 3.66. The number of likely N-dealkylation sites (tertiary alicyclic amines) is 1. The van der Waals surface area contributed by atoms with Gasteiger partial charge in [-0.1, -0.05) is 54.6 Å². The van der Waals surface area contributed by atoms with Crippen LogP contribution in [0.2, 0.25) is 0 Å². The van der Waals surface area contributed by atoms with Crippen molar-refractivity contribution in [2.75, 3.05) is 6.54 Å². The number of carbonyl (C=O) groups excluding carboxylic acids is 2. The average Bonchev–Trinajstić information content (AvgIpc) is 3.43. The second-order valence-electron chi connectivity index (χ2n) is 7.64. The van der Waals surface area contributed by atoms with Gasteiger partial charge in [0, 0.05) is 38.0 Å². The number of amides is 2. The minimum Gasteiger partial charge on any atom is -0.352 e. The van der Waals surface area contributed by atoms with Crippen molar-refractivity contribution in [3.8, 4) is 11.4 Å². The Morgan fingerprint density at radius 3 is 2.58 bits per heavy atom. The maximum Gasteiger partial charge on any atom is 0.222 e. The molecule has 1 saturated heterocycles. The molecule has 0 aliphatic carbocycles. The molecule has 1 aromatic heterocycles. The van der Waals surface area contributed by atoms with Gasteiger partial charge >= 0.3 is 0 Å². The van der Waals surface area contributed by atoms with Crippen LogP contribution < -0.4 is 5.32 Å². The molecule has 2 aromatic carbocycles. The molecule has 2 heterocycles. The van der Waals surface area contributed by atoms with E-state index in [-0.39, 0.29) is 11.8 Å². The van der Waals surface area contributed by atoms with E-state index in [1.54, 1.807) is 0 Å². The summed E-state index contributed by atoms with van der Waals surface area (Å²) in [4.78, 5) is 27.6. The van der Waals surface area contributed by atoms with Gasteiger partial charge in [0.05, 0.1) is 6.54 Å². The normalized spacial score (nSPS) is 13.5. The molecule has 0 bridgehead atoms. The van der Waals surface area contributed by atoms with Crippen LogP contribution in [-0.2, 0) is 29.2 Å². The van der Waals surface area contributed by atoms with Gasteiger partial charge in [-0.2, -0.15) is 4.80 Å². The van der Waals surface area contributed by atoms with Gasteiger partial charge in [0.2, 0.25) is 17.6 Å². The Morgan fingerprint density at radius 2 is 1.81 bits per heavy atom. The van der Waals surface area contributed by atoms with Crippen molar-refractivity contribution in [2.45, 2.75) is 45.3 Å². The molecule has 1 aliphatic heterocycles. The number of carbonyl (C=O) groups is 2. The fraction of sp³-hybridized carbons (Fsp3) is 0.348. The van der Waals surface area contributed by atoms with Gasteiger partial charge in [-0.15, -0.1) is 10.2 Å². The number of tetrazole rings is 1. The van der Waals surface area contributed by atoms with E-state index in [1.165, 1.54) is 4.80 Å². The molecule has 3 aromatic rings. The molecule has 0 radical (unpaired) electrons. The lowest BCUT2D eigenvalue weighted by atomic mass is 10.1. The van der Waals surface area contributed by atoms with E-state index in [4.69, 9.17) is 0 Å². The third-order valence-electron chi connectivity index (χ3n) is 5.37. The summed E-state index contributed by atoms with van der Waals surface area (Å²) in [5, 5.41) is 15.5. The van der Waals surface area contributed by atoms with E-state index in [9.17, 15) is 9.59 Å². The first kappa shape index (κ1) is 20.7. The molecule has 0 spiro atoms. The lowest BCUT2D eigenvalue weighted by Crippen LogP contribution is -2.26. The summed E-state index contributed by atoms with van der Waals surface area (Å²) in [6.07, 6.45) is 2.56. The largest absolute Gasteiger partial charge is 0.352 e. The molecule has 0 atom stereocenters. The summed E-state index contributed by atoms with van der Waals surface area (Å²) in [7, 11) is 0. The molecule has 160 valence electrons. The van der Waals surface area contributed by atoms with Crippen molar-refractivity contribution in [1.82, 2.24) is 30.4 Å². The number of nitrogens with one attached hydrogen (secondary N) is 1. The quantitative estimate of drug-likeness (QED) is 0.576. The summed E-state index contributed by atoms with van der Waals surface area (Å²) >= 11 is 0. The summed E-state index contributed by atoms with van der Waals surface area (Å²) < 4.78 is 0. The van der Waals surface area contributed by atoms with Crippen LogP contribution in [0.3, 0.4) is 0 Å². The summed E-state index contributed by atoms with van der Waals surface area (Å²) in [5.74, 6) is 0.768. The number of nitrogens with zero attached hydrogens (tertiary/aromatic N) is 5. The zero-order valence-corrected chi connectivity index (χ0v) is 17.4. The highest BCUT2D eigenvalue weighted by atomic mass is 16.2. The van der Waals surface area contributed by atoms with Gasteiger partial charge in [-0.3, -0.25) is 9.59 Å². The van der Waals surface area contributed by atoms with Crippen molar-refractivity contribution in [1.29, 1.82) is 0 Å². The number of aryl methyl sites for hydroxylation is 1. The standard InChI is InChI=1S/C23H26N6O2/c30-21(12-6-15-29-26-23(25-27-29)18-8-2-1-3-9-18)24-16-19-10-4-5-11-20(19)17-28-14-7-13-22(28)31/h1-5,8-11H,6-7,12-17H2,(H,24,30). The third-order valence-corrected chi connectivity index (χ3v) is 5.37. The maximum absolute atomic E-state index is 12.3. The molecule has 8 nitrogen and oxygen atoms in total. The summed E-state index contributed by atoms with van der Waals surface area (Å²) in [6, 6.07) is 17.6. The highest BCUT2D eigenvalue weighted by Crippen LogP contribution is 2.17. The molecular weight excluding hydrogens is 392 g/mol. The number of hydrogen-bond acceptors (Lipinski definition) is 5. The zero-order chi connectivity index (χ0) is 21.5. The highest BCUT2D eigenvalue weighted by molar-refractivity contribution is 5.78. The van der Waals surface area contributed by atoms with Gasteiger partial charge in [0.1, 0.15) is 0 Å². The van der Waals surface area contributed by atoms with E-state index in [1.807, 2.05) is 59.5 Å². The molecule has 4 rings (SSSR count). The molecule has 1 fully saturated rings. The smallest absolute Gasteiger partial charge is 0.222 e. The molecule has 1 N–H and O–H groups in total. The lowest BCUT2D eigenvalue weighted by Gasteiger charge is -2.18. The number of aromatic nitrogens is 4. The van der Waals surface area contributed by atoms with Crippen molar-refractivity contribution in [2.24, 2.45) is 0 Å². The Morgan fingerprint density at radius 1 is 1.03 bits per heavy atom. The molecule has 31 heavy (non-hydrogen) atoms. The SMILES string of the molecule is O=C(CCCn1nnc(-c2ccccc2)n1)NCc1ccccc1CN1CCCC1=O. The Hall–Kier alpha value is -3.55. The first-order valence-electron chi connectivity index (χ1n) is 10.6. The van der Waals surface area contributed by atoms with Crippen LogP contribution >= 0.6 is 0 Å². The molecule has 1 aliphatic rings. The van der Waals surface area contributed by atoms with Crippen LogP contribution in [-0.4, -0.2) is 43.5 Å². The van der Waals surface area contributed by atoms with Gasteiger partial charge < -0.3 is 10.2 Å². The second-order valence-corrected chi connectivity index (χ2v) is 7.64. The monoisotopic (exact) mass is 418 g/mol. The average molecular weight is 419 g/mol. The molecular formula is C23H26N6O2. The van der Waals surface area contributed by atoms with Crippen LogP contribution in [0.1, 0.15) is 36.8 Å². The van der Waals surface area contributed by atoms with Gasteiger partial charge in [0.25, 0.3) is 0 Å². The van der Waals surface area contributed by atoms with E-state index >= 15 is 0 Å². The Balaban J connectivity index is 1.23. The first-order valence-corrected chi connectivity index (χ1v) is 10.6. The molecule has 2 amide bonds. The number of benzene rings is 2. The van der Waals surface area contributed by atoms with E-state index < -0.39 is 0 Å². The lowest BCUT2D eigenvalue weighted by molar-refractivity contribution is -0.128. The van der Waals surface area contributed by atoms with Gasteiger partial charge in [-0.05, 0) is 29.2 Å². The predicted octanol–water partition coefficient (Wildman–Crippen LogP) is 2.56. The van der Waals surface area contributed by atoms with Crippen LogP contribution in [0.5, 0.6) is 0 Å². The van der Waals surface area contributed by atoms with Crippen molar-refractivity contribution in [3.63, 3.8) is 0 Å². The van der Waals surface area contributed by atoms with Crippen LogP contribution in [0, 0.1) is 0 Å². The zero-order valence-electron chi connectivity index (χ0n) is 17.4. The minimum atomic E-state index is -0.0181. The maximum atomic E-state index is 12.3. The van der Waals surface area contributed by atoms with E-state index in [2.05, 4.69) is 20.7 Å². The Labute approximate surface area is 181 Å². The number of rotatable bonds is 9. The Bertz CT molecular complexity index is 1030. The minimum absolute atomic E-state index is 0.0181. The van der Waals surface area contributed by atoms with Crippen LogP contribution in [0.25, 0.3) is 11.4 Å². The molecule has 0 saturated carbocycles. The van der Waals surface area contributed by atoms with Gasteiger partial charge in [-0.25, -0.2) is 0 Å². The van der Waals surface area contributed by atoms with Gasteiger partial charge in [0.15, 0.2) is 0 Å². The fourth-order valence-electron chi connectivity index (χ4n) is 3.66. The topological polar surface area (TPSA) is 93.0 Å². The molecule has 8 heteroatoms. The predicted molar refractivity (Wildman–Crippen MR) is 115 cm³/mol. The third kappa shape index (κ3) is 5.53. The van der Waals surface area contributed by atoms with Crippen LogP contribution in [0.4, 0.5) is 0 Å². The van der Waals surface area contributed by atoms with E-state index in [0.717, 1.165) is 29.7 Å². The van der Waals surface area contributed by atoms with Crippen molar-refractivity contribution in [3.05, 3.63) is 65.7 Å². The summed E-state index contributed by atoms with van der Waals surface area (Å²) in [6.45, 7) is 2.39. The Kier molecular flexibility index (Phi) is 6.66. The summed E-state index contributed by atoms with van der Waals surface area (Å²) in [5.41, 5.74) is 3.04. The van der Waals surface area contributed by atoms with Crippen molar-refractivity contribution < 1.29 is 9.59 Å². The highest BCUT2D eigenvalue weighted by Gasteiger charge is 2.20. The second kappa shape index (κ2) is 9.97. The number of hydrogen-bond donors (Lipinski definition) is 1. The van der Waals surface area contributed by atoms with E-state index in [0.29, 0.717) is 44.7 Å². The first-order chi connectivity index (χ1) is 15.2.